The normalized spacial score (nSPS) is 11.3. The zero-order valence-electron chi connectivity index (χ0n) is 10.1. The van der Waals surface area contributed by atoms with Gasteiger partial charge in [0.15, 0.2) is 0 Å². The van der Waals surface area contributed by atoms with Gasteiger partial charge in [0, 0.05) is 16.8 Å². The highest BCUT2D eigenvalue weighted by Crippen LogP contribution is 2.22. The van der Waals surface area contributed by atoms with Crippen LogP contribution in [-0.2, 0) is 13.0 Å². The van der Waals surface area contributed by atoms with E-state index in [9.17, 15) is 0 Å². The summed E-state index contributed by atoms with van der Waals surface area (Å²) >= 11 is 9.36. The summed E-state index contributed by atoms with van der Waals surface area (Å²) in [5.41, 5.74) is 2.07. The Morgan fingerprint density at radius 3 is 2.95 bits per heavy atom. The van der Waals surface area contributed by atoms with E-state index in [2.05, 4.69) is 31.5 Å². The van der Waals surface area contributed by atoms with Crippen LogP contribution in [0.4, 0.5) is 0 Å². The lowest BCUT2D eigenvalue weighted by atomic mass is 10.3. The van der Waals surface area contributed by atoms with Crippen LogP contribution in [0.15, 0.2) is 45.5 Å². The van der Waals surface area contributed by atoms with Gasteiger partial charge in [-0.3, -0.25) is 0 Å². The van der Waals surface area contributed by atoms with E-state index in [0.29, 0.717) is 12.4 Å². The van der Waals surface area contributed by atoms with Gasteiger partial charge in [-0.25, -0.2) is 4.98 Å². The van der Waals surface area contributed by atoms with Crippen molar-refractivity contribution in [2.24, 2.45) is 0 Å². The molecule has 2 aromatic heterocycles. The van der Waals surface area contributed by atoms with Crippen LogP contribution in [0.1, 0.15) is 11.6 Å². The Kier molecular flexibility index (Phi) is 3.62. The van der Waals surface area contributed by atoms with E-state index in [0.717, 1.165) is 33.5 Å². The van der Waals surface area contributed by atoms with Gasteiger partial charge in [0.25, 0.3) is 0 Å². The minimum Gasteiger partial charge on any atom is -0.467 e. The maximum absolute atomic E-state index is 5.86. The second kappa shape index (κ2) is 5.39. The molecule has 1 aromatic carbocycles. The van der Waals surface area contributed by atoms with Gasteiger partial charge >= 0.3 is 0 Å². The standard InChI is InChI=1S/C14H12BrClN2O/c15-10-3-4-12-13(8-10)18(14(17-12)5-6-16)9-11-2-1-7-19-11/h1-4,7-8H,5-6,9H2. The molecular formula is C14H12BrClN2O. The van der Waals surface area contributed by atoms with Gasteiger partial charge in [-0.05, 0) is 30.3 Å². The summed E-state index contributed by atoms with van der Waals surface area (Å²) in [7, 11) is 0. The molecule has 3 nitrogen and oxygen atoms in total. The first-order valence-corrected chi connectivity index (χ1v) is 7.33. The first-order valence-electron chi connectivity index (χ1n) is 6.01. The van der Waals surface area contributed by atoms with Crippen LogP contribution >= 0.6 is 27.5 Å². The van der Waals surface area contributed by atoms with Crippen LogP contribution in [0.25, 0.3) is 11.0 Å². The fourth-order valence-electron chi connectivity index (χ4n) is 2.16. The smallest absolute Gasteiger partial charge is 0.123 e. The number of hydrogen-bond acceptors (Lipinski definition) is 2. The van der Waals surface area contributed by atoms with Crippen molar-refractivity contribution in [2.45, 2.75) is 13.0 Å². The SMILES string of the molecule is ClCCc1nc2ccc(Br)cc2n1Cc1ccco1. The molecule has 3 rings (SSSR count). The first kappa shape index (κ1) is 12.8. The lowest BCUT2D eigenvalue weighted by Gasteiger charge is -2.06. The predicted octanol–water partition coefficient (Wildman–Crippen LogP) is 4.22. The largest absolute Gasteiger partial charge is 0.467 e. The van der Waals surface area contributed by atoms with Gasteiger partial charge in [-0.2, -0.15) is 0 Å². The van der Waals surface area contributed by atoms with Gasteiger partial charge in [0.1, 0.15) is 11.6 Å². The number of hydrogen-bond donors (Lipinski definition) is 0. The van der Waals surface area contributed by atoms with Gasteiger partial charge < -0.3 is 8.98 Å². The number of nitrogens with zero attached hydrogens (tertiary/aromatic N) is 2. The van der Waals surface area contributed by atoms with Crippen LogP contribution in [0.3, 0.4) is 0 Å². The molecule has 98 valence electrons. The molecular weight excluding hydrogens is 328 g/mol. The second-order valence-corrected chi connectivity index (χ2v) is 5.56. The fraction of sp³-hybridized carbons (Fsp3) is 0.214. The van der Waals surface area contributed by atoms with E-state index in [-0.39, 0.29) is 0 Å². The number of alkyl halides is 1. The minimum absolute atomic E-state index is 0.558. The minimum atomic E-state index is 0.558. The van der Waals surface area contributed by atoms with Crippen LogP contribution in [0.5, 0.6) is 0 Å². The van der Waals surface area contributed by atoms with Crippen molar-refractivity contribution >= 4 is 38.6 Å². The Bertz CT molecular complexity index is 691. The number of aromatic nitrogens is 2. The van der Waals surface area contributed by atoms with E-state index in [1.165, 1.54) is 0 Å². The lowest BCUT2D eigenvalue weighted by Crippen LogP contribution is -2.05. The van der Waals surface area contributed by atoms with Crippen LogP contribution in [-0.4, -0.2) is 15.4 Å². The third kappa shape index (κ3) is 2.55. The third-order valence-corrected chi connectivity index (χ3v) is 3.68. The number of furan rings is 1. The molecule has 0 aliphatic carbocycles. The van der Waals surface area contributed by atoms with E-state index in [1.54, 1.807) is 6.26 Å². The third-order valence-electron chi connectivity index (χ3n) is 3.00. The predicted molar refractivity (Wildman–Crippen MR) is 79.7 cm³/mol. The van der Waals surface area contributed by atoms with Gasteiger partial charge in [-0.15, -0.1) is 11.6 Å². The summed E-state index contributed by atoms with van der Waals surface area (Å²) in [5.74, 6) is 2.46. The quantitative estimate of drug-likeness (QED) is 0.666. The van der Waals surface area contributed by atoms with Crippen molar-refractivity contribution < 1.29 is 4.42 Å². The highest BCUT2D eigenvalue weighted by atomic mass is 79.9. The summed E-state index contributed by atoms with van der Waals surface area (Å²) in [6, 6.07) is 9.94. The molecule has 5 heteroatoms. The molecule has 0 unspecified atom stereocenters. The number of halogens is 2. The van der Waals surface area contributed by atoms with E-state index >= 15 is 0 Å². The number of rotatable bonds is 4. The lowest BCUT2D eigenvalue weighted by molar-refractivity contribution is 0.492. The second-order valence-electron chi connectivity index (χ2n) is 4.27. The highest BCUT2D eigenvalue weighted by Gasteiger charge is 2.12. The highest BCUT2D eigenvalue weighted by molar-refractivity contribution is 9.10. The first-order chi connectivity index (χ1) is 9.28. The van der Waals surface area contributed by atoms with Crippen molar-refractivity contribution in [2.75, 3.05) is 5.88 Å². The number of imidazole rings is 1. The maximum atomic E-state index is 5.86. The van der Waals surface area contributed by atoms with Crippen LogP contribution in [0.2, 0.25) is 0 Å². The summed E-state index contributed by atoms with van der Waals surface area (Å²) in [5, 5.41) is 0. The van der Waals surface area contributed by atoms with Crippen molar-refractivity contribution in [3.05, 3.63) is 52.7 Å². The van der Waals surface area contributed by atoms with Crippen molar-refractivity contribution in [3.8, 4) is 0 Å². The zero-order valence-corrected chi connectivity index (χ0v) is 12.5. The Balaban J connectivity index is 2.12. The Hall–Kier alpha value is -1.26. The summed E-state index contributed by atoms with van der Waals surface area (Å²) in [4.78, 5) is 4.64. The average molecular weight is 340 g/mol. The van der Waals surface area contributed by atoms with Crippen molar-refractivity contribution in [3.63, 3.8) is 0 Å². The van der Waals surface area contributed by atoms with Gasteiger partial charge in [0.05, 0.1) is 23.8 Å². The molecule has 0 spiro atoms. The van der Waals surface area contributed by atoms with E-state index in [4.69, 9.17) is 16.0 Å². The number of benzene rings is 1. The molecule has 0 aliphatic heterocycles. The molecule has 0 bridgehead atoms. The van der Waals surface area contributed by atoms with Crippen LogP contribution < -0.4 is 0 Å². The van der Waals surface area contributed by atoms with Crippen molar-refractivity contribution in [1.82, 2.24) is 9.55 Å². The van der Waals surface area contributed by atoms with Gasteiger partial charge in [-0.1, -0.05) is 15.9 Å². The molecule has 0 aliphatic rings. The number of fused-ring (bicyclic) bond motifs is 1. The van der Waals surface area contributed by atoms with E-state index in [1.807, 2.05) is 24.3 Å². The monoisotopic (exact) mass is 338 g/mol. The Morgan fingerprint density at radius 1 is 1.32 bits per heavy atom. The molecule has 3 aromatic rings. The van der Waals surface area contributed by atoms with Crippen LogP contribution in [0, 0.1) is 0 Å². The molecule has 0 saturated carbocycles. The summed E-state index contributed by atoms with van der Waals surface area (Å²) < 4.78 is 8.62. The molecule has 2 heterocycles. The summed E-state index contributed by atoms with van der Waals surface area (Å²) in [6.07, 6.45) is 2.43. The van der Waals surface area contributed by atoms with Crippen molar-refractivity contribution in [1.29, 1.82) is 0 Å². The topological polar surface area (TPSA) is 31.0 Å². The molecule has 0 saturated heterocycles. The Labute approximate surface area is 124 Å². The maximum Gasteiger partial charge on any atom is 0.123 e. The van der Waals surface area contributed by atoms with E-state index < -0.39 is 0 Å². The zero-order chi connectivity index (χ0) is 13.2. The molecule has 19 heavy (non-hydrogen) atoms. The Morgan fingerprint density at radius 2 is 2.21 bits per heavy atom. The summed E-state index contributed by atoms with van der Waals surface area (Å²) in [6.45, 7) is 0.673. The molecule has 0 radical (unpaired) electrons. The molecule has 0 N–H and O–H groups in total. The van der Waals surface area contributed by atoms with Gasteiger partial charge in [0.2, 0.25) is 0 Å². The average Bonchev–Trinajstić information content (AvgIpc) is 3.00. The molecule has 0 fully saturated rings. The molecule has 0 amide bonds. The fourth-order valence-corrected chi connectivity index (χ4v) is 2.67. The molecule has 0 atom stereocenters. The number of aryl methyl sites for hydroxylation is 1.